The zero-order chi connectivity index (χ0) is 14.8. The van der Waals surface area contributed by atoms with Gasteiger partial charge in [0.2, 0.25) is 0 Å². The second kappa shape index (κ2) is 6.07. The summed E-state index contributed by atoms with van der Waals surface area (Å²) in [7, 11) is 0. The molecule has 1 nitrogen and oxygen atoms in total. The molecule has 2 aromatic carbocycles. The molecule has 0 aromatic heterocycles. The van der Waals surface area contributed by atoms with Gasteiger partial charge in [-0.25, -0.2) is 0 Å². The van der Waals surface area contributed by atoms with Crippen molar-refractivity contribution in [3.05, 3.63) is 71.3 Å². The van der Waals surface area contributed by atoms with Gasteiger partial charge in [-0.15, -0.1) is 11.8 Å². The summed E-state index contributed by atoms with van der Waals surface area (Å²) in [5, 5.41) is 1.75. The van der Waals surface area contributed by atoms with E-state index < -0.39 is 0 Å². The van der Waals surface area contributed by atoms with E-state index >= 15 is 0 Å². The highest BCUT2D eigenvalue weighted by atomic mass is 32.2. The molecule has 0 fully saturated rings. The van der Waals surface area contributed by atoms with E-state index in [-0.39, 0.29) is 6.04 Å². The molecule has 2 aromatic rings. The molecule has 3 atom stereocenters. The Hall–Kier alpha value is -1.54. The first-order valence-electron chi connectivity index (χ1n) is 7.51. The van der Waals surface area contributed by atoms with Crippen molar-refractivity contribution in [2.75, 3.05) is 0 Å². The molecule has 1 aliphatic rings. The third kappa shape index (κ3) is 3.06. The van der Waals surface area contributed by atoms with Crippen molar-refractivity contribution in [2.24, 2.45) is 10.9 Å². The molecule has 0 aliphatic carbocycles. The Bertz CT molecular complexity index is 630. The summed E-state index contributed by atoms with van der Waals surface area (Å²) in [5.74, 6) is 0.548. The minimum atomic E-state index is 0.263. The minimum Gasteiger partial charge on any atom is -0.269 e. The van der Waals surface area contributed by atoms with Crippen LogP contribution in [0.15, 0.2) is 59.6 Å². The Balaban J connectivity index is 1.99. The van der Waals surface area contributed by atoms with Gasteiger partial charge in [-0.3, -0.25) is 4.99 Å². The van der Waals surface area contributed by atoms with Crippen molar-refractivity contribution >= 4 is 16.8 Å². The number of nitrogens with zero attached hydrogens (tertiary/aromatic N) is 1. The summed E-state index contributed by atoms with van der Waals surface area (Å²) in [4.78, 5) is 5.06. The number of hydrogen-bond donors (Lipinski definition) is 0. The van der Waals surface area contributed by atoms with Gasteiger partial charge in [0.25, 0.3) is 0 Å². The third-order valence-corrected chi connectivity index (χ3v) is 5.60. The van der Waals surface area contributed by atoms with Crippen LogP contribution in [0.2, 0.25) is 0 Å². The quantitative estimate of drug-likeness (QED) is 0.736. The summed E-state index contributed by atoms with van der Waals surface area (Å²) in [6.45, 7) is 6.75. The lowest BCUT2D eigenvalue weighted by Crippen LogP contribution is -2.25. The molecule has 0 saturated heterocycles. The Kier molecular flexibility index (Phi) is 4.16. The van der Waals surface area contributed by atoms with E-state index in [4.69, 9.17) is 4.99 Å². The van der Waals surface area contributed by atoms with Crippen LogP contribution in [0, 0.1) is 12.8 Å². The Morgan fingerprint density at radius 2 is 1.57 bits per heavy atom. The van der Waals surface area contributed by atoms with Crippen LogP contribution < -0.4 is 0 Å². The van der Waals surface area contributed by atoms with Crippen molar-refractivity contribution < 1.29 is 0 Å². The standard InChI is InChI=1S/C19H21NS/c1-13-9-11-17(12-10-13)19-20-18(14(2)15(3)21-19)16-7-5-4-6-8-16/h4-12,14-15,18H,1-3H3/t14-,15+,18?/m1/s1. The maximum absolute atomic E-state index is 5.06. The summed E-state index contributed by atoms with van der Waals surface area (Å²) in [5.41, 5.74) is 3.85. The van der Waals surface area contributed by atoms with Crippen molar-refractivity contribution in [1.82, 2.24) is 0 Å². The van der Waals surface area contributed by atoms with Gasteiger partial charge < -0.3 is 0 Å². The van der Waals surface area contributed by atoms with E-state index in [0.717, 1.165) is 0 Å². The van der Waals surface area contributed by atoms with E-state index in [2.05, 4.69) is 75.4 Å². The summed E-state index contributed by atoms with van der Waals surface area (Å²) in [6.07, 6.45) is 0. The highest BCUT2D eigenvalue weighted by Crippen LogP contribution is 2.40. The molecule has 3 rings (SSSR count). The van der Waals surface area contributed by atoms with Crippen molar-refractivity contribution in [3.8, 4) is 0 Å². The minimum absolute atomic E-state index is 0.263. The molecule has 21 heavy (non-hydrogen) atoms. The number of rotatable bonds is 2. The van der Waals surface area contributed by atoms with Crippen LogP contribution >= 0.6 is 11.8 Å². The molecule has 0 spiro atoms. The normalized spacial score (nSPS) is 25.5. The van der Waals surface area contributed by atoms with Gasteiger partial charge in [-0.2, -0.15) is 0 Å². The molecule has 0 N–H and O–H groups in total. The maximum Gasteiger partial charge on any atom is 0.0987 e. The van der Waals surface area contributed by atoms with Crippen molar-refractivity contribution in [3.63, 3.8) is 0 Å². The zero-order valence-electron chi connectivity index (χ0n) is 12.8. The van der Waals surface area contributed by atoms with E-state index in [0.29, 0.717) is 11.2 Å². The zero-order valence-corrected chi connectivity index (χ0v) is 13.6. The Morgan fingerprint density at radius 3 is 2.24 bits per heavy atom. The number of benzene rings is 2. The average Bonchev–Trinajstić information content (AvgIpc) is 2.51. The molecule has 1 heterocycles. The fourth-order valence-electron chi connectivity index (χ4n) is 2.68. The highest BCUT2D eigenvalue weighted by molar-refractivity contribution is 8.15. The number of hydrogen-bond acceptors (Lipinski definition) is 2. The molecule has 1 unspecified atom stereocenters. The first-order valence-corrected chi connectivity index (χ1v) is 8.39. The predicted octanol–water partition coefficient (Wildman–Crippen LogP) is 5.25. The average molecular weight is 295 g/mol. The number of thioether (sulfide) groups is 1. The third-order valence-electron chi connectivity index (χ3n) is 4.23. The van der Waals surface area contributed by atoms with Crippen molar-refractivity contribution in [2.45, 2.75) is 32.1 Å². The fraction of sp³-hybridized carbons (Fsp3) is 0.316. The Labute approximate surface area is 131 Å². The first-order chi connectivity index (χ1) is 10.1. The topological polar surface area (TPSA) is 12.4 Å². The molecular formula is C19H21NS. The van der Waals surface area contributed by atoms with Gasteiger partial charge in [-0.1, -0.05) is 74.0 Å². The second-order valence-corrected chi connectivity index (χ2v) is 7.20. The van der Waals surface area contributed by atoms with Crippen LogP contribution in [-0.2, 0) is 0 Å². The van der Waals surface area contributed by atoms with Crippen LogP contribution in [-0.4, -0.2) is 10.3 Å². The van der Waals surface area contributed by atoms with Gasteiger partial charge in [0.1, 0.15) is 0 Å². The second-order valence-electron chi connectivity index (χ2n) is 5.84. The van der Waals surface area contributed by atoms with Crippen molar-refractivity contribution in [1.29, 1.82) is 0 Å². The molecule has 108 valence electrons. The maximum atomic E-state index is 5.06. The van der Waals surface area contributed by atoms with Crippen LogP contribution in [0.4, 0.5) is 0 Å². The SMILES string of the molecule is Cc1ccc(C2=NC(c3ccccc3)[C@H](C)[C@H](C)S2)cc1. The molecule has 1 aliphatic heterocycles. The van der Waals surface area contributed by atoms with E-state index in [1.807, 2.05) is 11.8 Å². The smallest absolute Gasteiger partial charge is 0.0987 e. The number of aliphatic imine (C=N–C) groups is 1. The van der Waals surface area contributed by atoms with E-state index in [1.54, 1.807) is 0 Å². The highest BCUT2D eigenvalue weighted by Gasteiger charge is 2.30. The largest absolute Gasteiger partial charge is 0.269 e. The van der Waals surface area contributed by atoms with Gasteiger partial charge in [-0.05, 0) is 18.4 Å². The van der Waals surface area contributed by atoms with Gasteiger partial charge in [0.05, 0.1) is 11.1 Å². The van der Waals surface area contributed by atoms with Gasteiger partial charge >= 0.3 is 0 Å². The molecule has 0 amide bonds. The first kappa shape index (κ1) is 14.4. The lowest BCUT2D eigenvalue weighted by atomic mass is 9.92. The van der Waals surface area contributed by atoms with Crippen LogP contribution in [0.5, 0.6) is 0 Å². The summed E-state index contributed by atoms with van der Waals surface area (Å²) < 4.78 is 0. The predicted molar refractivity (Wildman–Crippen MR) is 93.1 cm³/mol. The molecular weight excluding hydrogens is 274 g/mol. The van der Waals surface area contributed by atoms with Crippen LogP contribution in [0.3, 0.4) is 0 Å². The molecule has 2 heteroatoms. The van der Waals surface area contributed by atoms with Crippen LogP contribution in [0.1, 0.15) is 36.6 Å². The molecule has 0 saturated carbocycles. The lowest BCUT2D eigenvalue weighted by Gasteiger charge is -2.32. The number of aryl methyl sites for hydroxylation is 1. The molecule has 0 radical (unpaired) electrons. The lowest BCUT2D eigenvalue weighted by molar-refractivity contribution is 0.466. The van der Waals surface area contributed by atoms with E-state index in [9.17, 15) is 0 Å². The van der Waals surface area contributed by atoms with Gasteiger partial charge in [0, 0.05) is 10.8 Å². The van der Waals surface area contributed by atoms with Gasteiger partial charge in [0.15, 0.2) is 0 Å². The van der Waals surface area contributed by atoms with E-state index in [1.165, 1.54) is 21.7 Å². The van der Waals surface area contributed by atoms with Crippen LogP contribution in [0.25, 0.3) is 0 Å². The fourth-order valence-corrected chi connectivity index (χ4v) is 3.84. The summed E-state index contributed by atoms with van der Waals surface area (Å²) >= 11 is 1.90. The Morgan fingerprint density at radius 1 is 0.905 bits per heavy atom. The molecule has 0 bridgehead atoms. The summed E-state index contributed by atoms with van der Waals surface area (Å²) in [6, 6.07) is 19.6. The monoisotopic (exact) mass is 295 g/mol.